The topological polar surface area (TPSA) is 66.5 Å². The van der Waals surface area contributed by atoms with E-state index >= 15 is 0 Å². The summed E-state index contributed by atoms with van der Waals surface area (Å²) in [6.45, 7) is 7.61. The Bertz CT molecular complexity index is 834. The van der Waals surface area contributed by atoms with Gasteiger partial charge < -0.3 is 4.90 Å². The fraction of sp³-hybridized carbons (Fsp3) is 0.450. The van der Waals surface area contributed by atoms with Crippen LogP contribution in [-0.2, 0) is 14.4 Å². The smallest absolute Gasteiger partial charge is 0.233 e. The zero-order valence-corrected chi connectivity index (χ0v) is 14.9. The number of anilines is 1. The maximum Gasteiger partial charge on any atom is 0.233 e. The first-order valence-electron chi connectivity index (χ1n) is 8.66. The number of nitrogens with one attached hydrogen (secondary N) is 1. The number of hydrogen-bond donors (Lipinski definition) is 1. The van der Waals surface area contributed by atoms with E-state index in [2.05, 4.69) is 11.4 Å². The van der Waals surface area contributed by atoms with Crippen LogP contribution in [0.2, 0.25) is 0 Å². The molecule has 2 amide bonds. The molecule has 2 saturated heterocycles. The molecule has 3 heterocycles. The third-order valence-corrected chi connectivity index (χ3v) is 5.51. The molecule has 0 aliphatic carbocycles. The molecule has 3 aliphatic rings. The molecule has 4 rings (SSSR count). The second kappa shape index (κ2) is 5.04. The third kappa shape index (κ3) is 2.18. The van der Waals surface area contributed by atoms with Crippen LogP contribution in [0.1, 0.15) is 31.9 Å². The van der Waals surface area contributed by atoms with Crippen molar-refractivity contribution in [2.45, 2.75) is 39.8 Å². The van der Waals surface area contributed by atoms with Gasteiger partial charge in [-0.25, -0.2) is 0 Å². The van der Waals surface area contributed by atoms with Crippen molar-refractivity contribution in [1.82, 2.24) is 5.32 Å². The van der Waals surface area contributed by atoms with Gasteiger partial charge in [0, 0.05) is 11.1 Å². The van der Waals surface area contributed by atoms with Gasteiger partial charge in [-0.15, -0.1) is 0 Å². The fourth-order valence-corrected chi connectivity index (χ4v) is 4.35. The molecular weight excluding hydrogens is 316 g/mol. The van der Waals surface area contributed by atoms with E-state index < -0.39 is 23.3 Å². The van der Waals surface area contributed by atoms with Crippen molar-refractivity contribution in [2.24, 2.45) is 17.3 Å². The maximum absolute atomic E-state index is 13.2. The number of nitrogens with zero attached hydrogens (tertiary/aromatic N) is 1. The monoisotopic (exact) mass is 338 g/mol. The highest BCUT2D eigenvalue weighted by molar-refractivity contribution is 6.11. The summed E-state index contributed by atoms with van der Waals surface area (Å²) in [5.41, 5.74) is 2.49. The maximum atomic E-state index is 13.2. The number of carbonyl (C=O) groups is 3. The first-order chi connectivity index (χ1) is 11.7. The zero-order valence-electron chi connectivity index (χ0n) is 14.9. The minimum absolute atomic E-state index is 0.00308. The van der Waals surface area contributed by atoms with Crippen molar-refractivity contribution in [3.63, 3.8) is 0 Å². The lowest BCUT2D eigenvalue weighted by Gasteiger charge is -2.38. The van der Waals surface area contributed by atoms with Crippen molar-refractivity contribution in [2.75, 3.05) is 4.90 Å². The normalized spacial score (nSPS) is 30.0. The molecule has 0 saturated carbocycles. The van der Waals surface area contributed by atoms with Gasteiger partial charge >= 0.3 is 0 Å². The molecule has 4 unspecified atom stereocenters. The lowest BCUT2D eigenvalue weighted by molar-refractivity contribution is -0.132. The van der Waals surface area contributed by atoms with Crippen molar-refractivity contribution < 1.29 is 14.4 Å². The summed E-state index contributed by atoms with van der Waals surface area (Å²) >= 11 is 0. The highest BCUT2D eigenvalue weighted by atomic mass is 16.2. The van der Waals surface area contributed by atoms with Gasteiger partial charge in [-0.3, -0.25) is 19.7 Å². The van der Waals surface area contributed by atoms with E-state index in [0.29, 0.717) is 0 Å². The van der Waals surface area contributed by atoms with Gasteiger partial charge in [0.15, 0.2) is 5.78 Å². The summed E-state index contributed by atoms with van der Waals surface area (Å²) in [5, 5.41) is 2.43. The van der Waals surface area contributed by atoms with Gasteiger partial charge in [-0.1, -0.05) is 44.6 Å². The Kier molecular flexibility index (Phi) is 3.24. The molecule has 2 fully saturated rings. The largest absolute Gasteiger partial charge is 0.353 e. The van der Waals surface area contributed by atoms with E-state index in [4.69, 9.17) is 0 Å². The van der Waals surface area contributed by atoms with Crippen LogP contribution in [0.15, 0.2) is 24.3 Å². The van der Waals surface area contributed by atoms with Crippen molar-refractivity contribution in [1.29, 1.82) is 0 Å². The average Bonchev–Trinajstić information content (AvgIpc) is 3.01. The summed E-state index contributed by atoms with van der Waals surface area (Å²) in [6, 6.07) is 5.18. The van der Waals surface area contributed by atoms with Gasteiger partial charge in [0.25, 0.3) is 0 Å². The minimum Gasteiger partial charge on any atom is -0.353 e. The number of aryl methyl sites for hydroxylation is 1. The van der Waals surface area contributed by atoms with E-state index in [-0.39, 0.29) is 23.6 Å². The van der Waals surface area contributed by atoms with Crippen LogP contribution in [0, 0.1) is 24.2 Å². The molecule has 0 radical (unpaired) electrons. The van der Waals surface area contributed by atoms with E-state index in [0.717, 1.165) is 16.8 Å². The predicted molar refractivity (Wildman–Crippen MR) is 94.9 cm³/mol. The Hall–Kier alpha value is -2.43. The first kappa shape index (κ1) is 16.1. The minimum atomic E-state index is -0.624. The molecule has 4 atom stereocenters. The molecule has 25 heavy (non-hydrogen) atoms. The standard InChI is InChI=1S/C20H22N2O3/c1-10-5-7-12-11(9-10)6-8-13-14-15(19(25)21-18(14)24)16(22(12)13)17(23)20(2,3)4/h5-9,13-16H,1-4H3,(H,21,24,25). The predicted octanol–water partition coefficient (Wildman–Crippen LogP) is 2.08. The second-order valence-electron chi connectivity index (χ2n) is 8.28. The third-order valence-electron chi connectivity index (χ3n) is 5.51. The molecule has 0 spiro atoms. The summed E-state index contributed by atoms with van der Waals surface area (Å²) in [5.74, 6) is -1.73. The van der Waals surface area contributed by atoms with E-state index in [1.165, 1.54) is 0 Å². The Morgan fingerprint density at radius 3 is 2.48 bits per heavy atom. The number of ketones is 1. The number of fused-ring (bicyclic) bond motifs is 5. The highest BCUT2D eigenvalue weighted by Gasteiger charge is 2.62. The number of Topliss-reactive ketones (excluding diaryl/α,β-unsaturated/α-hetero) is 1. The van der Waals surface area contributed by atoms with Crippen LogP contribution >= 0.6 is 0 Å². The molecule has 5 nitrogen and oxygen atoms in total. The fourth-order valence-electron chi connectivity index (χ4n) is 4.35. The number of carbonyl (C=O) groups excluding carboxylic acids is 3. The average molecular weight is 338 g/mol. The SMILES string of the molecule is Cc1ccc2c(c1)C=CC1C3C(=O)NC(=O)C3C(C(=O)C(C)(C)C)N21. The Labute approximate surface area is 147 Å². The van der Waals surface area contributed by atoms with Crippen molar-refractivity contribution >= 4 is 29.4 Å². The van der Waals surface area contributed by atoms with Gasteiger partial charge in [-0.2, -0.15) is 0 Å². The Balaban J connectivity index is 1.90. The summed E-state index contributed by atoms with van der Waals surface area (Å²) in [6.07, 6.45) is 3.97. The van der Waals surface area contributed by atoms with Gasteiger partial charge in [0.05, 0.1) is 17.9 Å². The lowest BCUT2D eigenvalue weighted by Crippen LogP contribution is -2.50. The quantitative estimate of drug-likeness (QED) is 0.796. The number of amides is 2. The molecule has 1 N–H and O–H groups in total. The van der Waals surface area contributed by atoms with Crippen LogP contribution in [0.5, 0.6) is 0 Å². The van der Waals surface area contributed by atoms with Crippen LogP contribution in [0.4, 0.5) is 5.69 Å². The molecule has 130 valence electrons. The zero-order chi connectivity index (χ0) is 18.1. The molecule has 0 bridgehead atoms. The van der Waals surface area contributed by atoms with E-state index in [1.807, 2.05) is 56.9 Å². The van der Waals surface area contributed by atoms with Crippen LogP contribution < -0.4 is 10.2 Å². The molecule has 1 aromatic rings. The van der Waals surface area contributed by atoms with Gasteiger partial charge in [0.2, 0.25) is 11.8 Å². The molecule has 0 aromatic heterocycles. The van der Waals surface area contributed by atoms with Gasteiger partial charge in [-0.05, 0) is 24.6 Å². The first-order valence-corrected chi connectivity index (χ1v) is 8.66. The molecule has 5 heteroatoms. The Morgan fingerprint density at radius 2 is 1.80 bits per heavy atom. The number of hydrogen-bond acceptors (Lipinski definition) is 4. The lowest BCUT2D eigenvalue weighted by atomic mass is 9.79. The molecule has 1 aromatic carbocycles. The van der Waals surface area contributed by atoms with E-state index in [9.17, 15) is 14.4 Å². The second-order valence-corrected chi connectivity index (χ2v) is 8.28. The van der Waals surface area contributed by atoms with Crippen molar-refractivity contribution in [3.05, 3.63) is 35.4 Å². The number of benzene rings is 1. The molecular formula is C20H22N2O3. The van der Waals surface area contributed by atoms with Crippen LogP contribution in [0.3, 0.4) is 0 Å². The summed E-state index contributed by atoms with van der Waals surface area (Å²) in [7, 11) is 0. The highest BCUT2D eigenvalue weighted by Crippen LogP contribution is 2.47. The van der Waals surface area contributed by atoms with Crippen LogP contribution in [0.25, 0.3) is 6.08 Å². The Morgan fingerprint density at radius 1 is 1.12 bits per heavy atom. The van der Waals surface area contributed by atoms with Gasteiger partial charge in [0.1, 0.15) is 6.04 Å². The van der Waals surface area contributed by atoms with Crippen molar-refractivity contribution in [3.8, 4) is 0 Å². The molecule has 3 aliphatic heterocycles. The van der Waals surface area contributed by atoms with E-state index in [1.54, 1.807) is 0 Å². The number of imide groups is 1. The van der Waals surface area contributed by atoms with Crippen LogP contribution in [-0.4, -0.2) is 29.7 Å². The summed E-state index contributed by atoms with van der Waals surface area (Å²) < 4.78 is 0. The number of rotatable bonds is 1. The summed E-state index contributed by atoms with van der Waals surface area (Å²) in [4.78, 5) is 40.1.